The van der Waals surface area contributed by atoms with E-state index < -0.39 is 23.7 Å². The molecule has 2 unspecified atom stereocenters. The molecule has 0 aromatic carbocycles. The third-order valence-corrected chi connectivity index (χ3v) is 7.04. The highest BCUT2D eigenvalue weighted by atomic mass is 16.5. The van der Waals surface area contributed by atoms with Crippen LogP contribution in [0, 0.1) is 35.5 Å². The summed E-state index contributed by atoms with van der Waals surface area (Å²) in [5.41, 5.74) is 0. The van der Waals surface area contributed by atoms with Gasteiger partial charge in [-0.1, -0.05) is 67.2 Å². The lowest BCUT2D eigenvalue weighted by Crippen LogP contribution is -2.44. The molecule has 0 N–H and O–H groups in total. The second kappa shape index (κ2) is 18.6. The first-order chi connectivity index (χ1) is 17.1. The van der Waals surface area contributed by atoms with Gasteiger partial charge >= 0.3 is 17.9 Å². The first-order valence-corrected chi connectivity index (χ1v) is 14.6. The molecule has 6 heteroatoms. The van der Waals surface area contributed by atoms with Gasteiger partial charge in [0.15, 0.2) is 0 Å². The van der Waals surface area contributed by atoms with Crippen LogP contribution in [0.15, 0.2) is 0 Å². The summed E-state index contributed by atoms with van der Waals surface area (Å²) in [6.07, 6.45) is 10.4. The highest BCUT2D eigenvalue weighted by molar-refractivity contribution is 5.87. The zero-order valence-electron chi connectivity index (χ0n) is 24.0. The van der Waals surface area contributed by atoms with Gasteiger partial charge in [0, 0.05) is 0 Å². The Morgan fingerprint density at radius 3 is 1.22 bits per heavy atom. The maximum absolute atomic E-state index is 13.2. The normalized spacial score (nSPS) is 20.1. The van der Waals surface area contributed by atoms with E-state index in [2.05, 4.69) is 41.5 Å². The average Bonchev–Trinajstić information content (AvgIpc) is 2.81. The van der Waals surface area contributed by atoms with Crippen molar-refractivity contribution in [3.63, 3.8) is 0 Å². The molecule has 1 saturated carbocycles. The first kappa shape index (κ1) is 32.4. The predicted octanol–water partition coefficient (Wildman–Crippen LogP) is 7.13. The number of carbonyl (C=O) groups is 3. The van der Waals surface area contributed by atoms with E-state index in [4.69, 9.17) is 14.2 Å². The Balaban J connectivity index is 2.75. The maximum Gasteiger partial charge on any atom is 0.310 e. The predicted molar refractivity (Wildman–Crippen MR) is 143 cm³/mol. The van der Waals surface area contributed by atoms with Gasteiger partial charge in [0.1, 0.15) is 0 Å². The van der Waals surface area contributed by atoms with Crippen LogP contribution < -0.4 is 0 Å². The molecule has 0 spiro atoms. The summed E-state index contributed by atoms with van der Waals surface area (Å²) < 4.78 is 16.8. The van der Waals surface area contributed by atoms with Gasteiger partial charge in [-0.15, -0.1) is 0 Å². The minimum absolute atomic E-state index is 0.315. The zero-order chi connectivity index (χ0) is 26.9. The van der Waals surface area contributed by atoms with E-state index in [1.54, 1.807) is 0 Å². The summed E-state index contributed by atoms with van der Waals surface area (Å²) in [5.74, 6) is -1.48. The van der Waals surface area contributed by atoms with Gasteiger partial charge in [-0.25, -0.2) is 0 Å². The van der Waals surface area contributed by atoms with Crippen molar-refractivity contribution in [2.45, 2.75) is 119 Å². The van der Waals surface area contributed by atoms with Crippen LogP contribution in [0.5, 0.6) is 0 Å². The number of esters is 3. The van der Waals surface area contributed by atoms with Crippen LogP contribution >= 0.6 is 0 Å². The fourth-order valence-corrected chi connectivity index (χ4v) is 4.85. The maximum atomic E-state index is 13.2. The Morgan fingerprint density at radius 2 is 0.889 bits per heavy atom. The van der Waals surface area contributed by atoms with E-state index in [-0.39, 0.29) is 11.9 Å². The van der Waals surface area contributed by atoms with Crippen molar-refractivity contribution in [3.8, 4) is 0 Å². The quantitative estimate of drug-likeness (QED) is 0.111. The molecule has 210 valence electrons. The molecule has 6 nitrogen and oxygen atoms in total. The third kappa shape index (κ3) is 13.6. The van der Waals surface area contributed by atoms with Crippen LogP contribution in [0.3, 0.4) is 0 Å². The van der Waals surface area contributed by atoms with Crippen LogP contribution in [0.1, 0.15) is 119 Å². The second-order valence-corrected chi connectivity index (χ2v) is 11.8. The standard InChI is InChI=1S/C30H54O6/c1-22(2)14-7-10-19-34-28(31)25-17-13-18-26(29(32)35-20-11-8-15-23(3)4)27(25)30(33)36-21-12-9-16-24(5)6/h22-27H,7-21H2,1-6H3. The van der Waals surface area contributed by atoms with E-state index >= 15 is 0 Å². The number of rotatable bonds is 18. The molecule has 0 amide bonds. The lowest BCUT2D eigenvalue weighted by molar-refractivity contribution is -0.172. The SMILES string of the molecule is CC(C)CCCCOC(=O)C1CCCC(C(=O)OCCCCC(C)C)C1C(=O)OCCCCC(C)C. The lowest BCUT2D eigenvalue weighted by Gasteiger charge is -2.34. The minimum atomic E-state index is -0.824. The lowest BCUT2D eigenvalue weighted by atomic mass is 9.72. The van der Waals surface area contributed by atoms with Crippen molar-refractivity contribution in [2.75, 3.05) is 19.8 Å². The van der Waals surface area contributed by atoms with Crippen molar-refractivity contribution in [1.82, 2.24) is 0 Å². The molecule has 0 heterocycles. The monoisotopic (exact) mass is 510 g/mol. The molecule has 0 aliphatic heterocycles. The Labute approximate surface area is 220 Å². The van der Waals surface area contributed by atoms with Crippen molar-refractivity contribution >= 4 is 17.9 Å². The van der Waals surface area contributed by atoms with Crippen molar-refractivity contribution in [1.29, 1.82) is 0 Å². The molecule has 36 heavy (non-hydrogen) atoms. The van der Waals surface area contributed by atoms with Gasteiger partial charge in [-0.05, 0) is 69.1 Å². The number of unbranched alkanes of at least 4 members (excludes halogenated alkanes) is 3. The summed E-state index contributed by atoms with van der Waals surface area (Å²) in [6, 6.07) is 0. The average molecular weight is 511 g/mol. The highest BCUT2D eigenvalue weighted by Gasteiger charge is 2.47. The molecule has 0 aromatic heterocycles. The molecule has 0 saturated heterocycles. The molecule has 2 atom stereocenters. The largest absolute Gasteiger partial charge is 0.465 e. The van der Waals surface area contributed by atoms with E-state index in [0.29, 0.717) is 56.8 Å². The van der Waals surface area contributed by atoms with Gasteiger partial charge in [0.05, 0.1) is 37.6 Å². The van der Waals surface area contributed by atoms with Crippen molar-refractivity contribution in [2.24, 2.45) is 35.5 Å². The molecule has 0 aromatic rings. The second-order valence-electron chi connectivity index (χ2n) is 11.8. The Bertz CT molecular complexity index is 589. The Hall–Kier alpha value is -1.59. The molecule has 0 bridgehead atoms. The Morgan fingerprint density at radius 1 is 0.556 bits per heavy atom. The van der Waals surface area contributed by atoms with Crippen LogP contribution in [-0.4, -0.2) is 37.7 Å². The van der Waals surface area contributed by atoms with E-state index in [1.807, 2.05) is 0 Å². The fraction of sp³-hybridized carbons (Fsp3) is 0.900. The van der Waals surface area contributed by atoms with Gasteiger partial charge in [-0.3, -0.25) is 14.4 Å². The van der Waals surface area contributed by atoms with Crippen LogP contribution in [0.25, 0.3) is 0 Å². The topological polar surface area (TPSA) is 78.9 Å². The van der Waals surface area contributed by atoms with Crippen LogP contribution in [0.4, 0.5) is 0 Å². The van der Waals surface area contributed by atoms with E-state index in [0.717, 1.165) is 57.8 Å². The van der Waals surface area contributed by atoms with Crippen molar-refractivity contribution in [3.05, 3.63) is 0 Å². The zero-order valence-corrected chi connectivity index (χ0v) is 24.0. The Kier molecular flexibility index (Phi) is 16.8. The molecule has 1 fully saturated rings. The molecule has 1 rings (SSSR count). The van der Waals surface area contributed by atoms with E-state index in [9.17, 15) is 14.4 Å². The van der Waals surface area contributed by atoms with Gasteiger partial charge < -0.3 is 14.2 Å². The van der Waals surface area contributed by atoms with Crippen LogP contribution in [-0.2, 0) is 28.6 Å². The van der Waals surface area contributed by atoms with Gasteiger partial charge in [-0.2, -0.15) is 0 Å². The summed E-state index contributed by atoms with van der Waals surface area (Å²) >= 11 is 0. The molecule has 1 aliphatic carbocycles. The number of hydrogen-bond acceptors (Lipinski definition) is 6. The third-order valence-electron chi connectivity index (χ3n) is 7.04. The smallest absolute Gasteiger partial charge is 0.310 e. The van der Waals surface area contributed by atoms with Crippen molar-refractivity contribution < 1.29 is 28.6 Å². The summed E-state index contributed by atoms with van der Waals surface area (Å²) in [6.45, 7) is 14.1. The van der Waals surface area contributed by atoms with Gasteiger partial charge in [0.2, 0.25) is 0 Å². The number of carbonyl (C=O) groups excluding carboxylic acids is 3. The molecule has 0 radical (unpaired) electrons. The van der Waals surface area contributed by atoms with Crippen LogP contribution in [0.2, 0.25) is 0 Å². The number of ether oxygens (including phenoxy) is 3. The van der Waals surface area contributed by atoms with E-state index in [1.165, 1.54) is 0 Å². The first-order valence-electron chi connectivity index (χ1n) is 14.6. The molecular formula is C30H54O6. The summed E-state index contributed by atoms with van der Waals surface area (Å²) in [5, 5.41) is 0. The molecule has 1 aliphatic rings. The highest BCUT2D eigenvalue weighted by Crippen LogP contribution is 2.38. The summed E-state index contributed by atoms with van der Waals surface area (Å²) in [4.78, 5) is 39.2. The van der Waals surface area contributed by atoms with Gasteiger partial charge in [0.25, 0.3) is 0 Å². The summed E-state index contributed by atoms with van der Waals surface area (Å²) in [7, 11) is 0. The molecular weight excluding hydrogens is 456 g/mol. The number of hydrogen-bond donors (Lipinski definition) is 0. The minimum Gasteiger partial charge on any atom is -0.465 e. The fourth-order valence-electron chi connectivity index (χ4n) is 4.85.